The van der Waals surface area contributed by atoms with Crippen LogP contribution >= 0.6 is 0 Å². The Labute approximate surface area is 203 Å². The Morgan fingerprint density at radius 1 is 1.14 bits per heavy atom. The molecular formula is C26H31N3O6. The van der Waals surface area contributed by atoms with Crippen molar-refractivity contribution in [2.45, 2.75) is 44.6 Å². The molecule has 5 rings (SSSR count). The molecule has 9 heteroatoms. The smallest absolute Gasteiger partial charge is 0.255 e. The Morgan fingerprint density at radius 3 is 2.49 bits per heavy atom. The number of carbonyl (C=O) groups excluding carboxylic acids is 3. The minimum absolute atomic E-state index is 0.0620. The molecule has 1 aromatic rings. The molecule has 4 aliphatic rings. The molecule has 2 fully saturated rings. The molecule has 4 atom stereocenters. The largest absolute Gasteiger partial charge is 0.511 e. The van der Waals surface area contributed by atoms with Gasteiger partial charge >= 0.3 is 0 Å². The van der Waals surface area contributed by atoms with E-state index in [0.717, 1.165) is 31.5 Å². The highest BCUT2D eigenvalue weighted by atomic mass is 16.3. The topological polar surface area (TPSA) is 153 Å². The van der Waals surface area contributed by atoms with Gasteiger partial charge in [-0.2, -0.15) is 0 Å². The lowest BCUT2D eigenvalue weighted by molar-refractivity contribution is -0.127. The zero-order valence-electron chi connectivity index (χ0n) is 19.9. The lowest BCUT2D eigenvalue weighted by Crippen LogP contribution is -2.45. The first kappa shape index (κ1) is 23.4. The first-order valence-electron chi connectivity index (χ1n) is 12.1. The van der Waals surface area contributed by atoms with Gasteiger partial charge < -0.3 is 31.3 Å². The number of fused-ring (bicyclic) bond motifs is 3. The second kappa shape index (κ2) is 8.41. The number of allylic oxidation sites excluding steroid dienone is 2. The van der Waals surface area contributed by atoms with E-state index in [1.54, 1.807) is 0 Å². The molecule has 1 saturated carbocycles. The number of hydrogen-bond donors (Lipinski definition) is 5. The van der Waals surface area contributed by atoms with E-state index in [9.17, 15) is 29.7 Å². The number of nitrogens with two attached hydrogens (primary N) is 1. The number of anilines is 1. The summed E-state index contributed by atoms with van der Waals surface area (Å²) in [5.41, 5.74) is 6.33. The Morgan fingerprint density at radius 2 is 1.83 bits per heavy atom. The number of ketones is 2. The summed E-state index contributed by atoms with van der Waals surface area (Å²) >= 11 is 0. The van der Waals surface area contributed by atoms with Crippen molar-refractivity contribution in [3.05, 3.63) is 40.2 Å². The number of amides is 1. The third-order valence-electron chi connectivity index (χ3n) is 8.34. The summed E-state index contributed by atoms with van der Waals surface area (Å²) in [7, 11) is 2.07. The number of Topliss-reactive ketones (excluding diaryl/α,β-unsaturated/α-hetero) is 2. The maximum absolute atomic E-state index is 13.6. The fourth-order valence-electron chi connectivity index (χ4n) is 6.42. The molecule has 6 N–H and O–H groups in total. The minimum Gasteiger partial charge on any atom is -0.511 e. The minimum atomic E-state index is -1.11. The molecule has 0 radical (unpaired) electrons. The number of piperidine rings is 1. The molecule has 186 valence electrons. The molecule has 0 bridgehead atoms. The molecule has 35 heavy (non-hydrogen) atoms. The number of carbonyl (C=O) groups is 3. The molecule has 0 aromatic heterocycles. The number of nitrogens with one attached hydrogen (secondary N) is 1. The van der Waals surface area contributed by atoms with E-state index in [1.807, 2.05) is 19.1 Å². The van der Waals surface area contributed by atoms with Crippen LogP contribution in [-0.4, -0.2) is 63.9 Å². The lowest BCUT2D eigenvalue weighted by Gasteiger charge is -2.43. The van der Waals surface area contributed by atoms with Crippen molar-refractivity contribution in [1.82, 2.24) is 4.90 Å². The monoisotopic (exact) mass is 481 g/mol. The highest BCUT2D eigenvalue weighted by Gasteiger charge is 2.52. The number of nitrogens with zero attached hydrogens (tertiary/aromatic N) is 1. The van der Waals surface area contributed by atoms with Gasteiger partial charge in [-0.15, -0.1) is 0 Å². The van der Waals surface area contributed by atoms with Crippen LogP contribution in [0.5, 0.6) is 5.75 Å². The zero-order valence-corrected chi connectivity index (χ0v) is 19.9. The first-order valence-corrected chi connectivity index (χ1v) is 12.1. The van der Waals surface area contributed by atoms with Crippen LogP contribution in [0.15, 0.2) is 29.0 Å². The maximum Gasteiger partial charge on any atom is 0.255 e. The summed E-state index contributed by atoms with van der Waals surface area (Å²) in [5, 5.41) is 36.5. The molecule has 1 aliphatic heterocycles. The van der Waals surface area contributed by atoms with Crippen LogP contribution in [0.1, 0.15) is 49.7 Å². The first-order chi connectivity index (χ1) is 16.6. The van der Waals surface area contributed by atoms with Crippen LogP contribution in [0.2, 0.25) is 0 Å². The normalized spacial score (nSPS) is 29.5. The summed E-state index contributed by atoms with van der Waals surface area (Å²) in [5.74, 6) is -5.36. The van der Waals surface area contributed by atoms with Crippen LogP contribution in [-0.2, 0) is 14.4 Å². The molecule has 3 unspecified atom stereocenters. The fourth-order valence-corrected chi connectivity index (χ4v) is 6.42. The third-order valence-corrected chi connectivity index (χ3v) is 8.34. The van der Waals surface area contributed by atoms with Gasteiger partial charge in [-0.05, 0) is 68.8 Å². The molecular weight excluding hydrogens is 450 g/mol. The Bertz CT molecular complexity index is 1190. The van der Waals surface area contributed by atoms with Crippen molar-refractivity contribution in [2.24, 2.45) is 23.5 Å². The summed E-state index contributed by atoms with van der Waals surface area (Å²) in [4.78, 5) is 40.1. The quantitative estimate of drug-likeness (QED) is 0.326. The van der Waals surface area contributed by atoms with Crippen LogP contribution in [0, 0.1) is 17.8 Å². The number of aliphatic hydroxyl groups excluding tert-OH is 2. The SMILES string of the molecule is C[C@H]1c2ccc(NC3CCN(C)CC3)c(O)c2C(O)=C2C(=O)C3C(O)=C(C(N)=O)C(=O)CC3CC21. The van der Waals surface area contributed by atoms with Gasteiger partial charge in [-0.3, -0.25) is 14.4 Å². The summed E-state index contributed by atoms with van der Waals surface area (Å²) in [6.45, 7) is 3.82. The maximum atomic E-state index is 13.6. The van der Waals surface area contributed by atoms with Gasteiger partial charge in [0.25, 0.3) is 5.91 Å². The van der Waals surface area contributed by atoms with Crippen molar-refractivity contribution in [3.8, 4) is 5.75 Å². The number of aromatic hydroxyl groups is 1. The predicted molar refractivity (Wildman–Crippen MR) is 129 cm³/mol. The van der Waals surface area contributed by atoms with Crippen molar-refractivity contribution >= 4 is 28.9 Å². The van der Waals surface area contributed by atoms with Gasteiger partial charge in [0.15, 0.2) is 11.6 Å². The average molecular weight is 482 g/mol. The third kappa shape index (κ3) is 3.60. The van der Waals surface area contributed by atoms with E-state index < -0.39 is 40.6 Å². The lowest BCUT2D eigenvalue weighted by atomic mass is 9.59. The summed E-state index contributed by atoms with van der Waals surface area (Å²) < 4.78 is 0. The summed E-state index contributed by atoms with van der Waals surface area (Å²) in [6.07, 6.45) is 2.17. The Hall–Kier alpha value is -3.33. The van der Waals surface area contributed by atoms with E-state index in [0.29, 0.717) is 12.1 Å². The molecule has 1 amide bonds. The second-order valence-electron chi connectivity index (χ2n) is 10.4. The number of rotatable bonds is 3. The van der Waals surface area contributed by atoms with Crippen molar-refractivity contribution in [2.75, 3.05) is 25.5 Å². The van der Waals surface area contributed by atoms with E-state index in [4.69, 9.17) is 5.73 Å². The number of phenols is 1. The van der Waals surface area contributed by atoms with E-state index in [1.165, 1.54) is 0 Å². The number of likely N-dealkylation sites (tertiary alicyclic amines) is 1. The van der Waals surface area contributed by atoms with Crippen molar-refractivity contribution in [1.29, 1.82) is 0 Å². The van der Waals surface area contributed by atoms with E-state index >= 15 is 0 Å². The highest BCUT2D eigenvalue weighted by molar-refractivity contribution is 6.21. The highest BCUT2D eigenvalue weighted by Crippen LogP contribution is 2.55. The van der Waals surface area contributed by atoms with Crippen molar-refractivity contribution < 1.29 is 29.7 Å². The fraction of sp³-hybridized carbons (Fsp3) is 0.500. The van der Waals surface area contributed by atoms with Crippen LogP contribution in [0.4, 0.5) is 5.69 Å². The van der Waals surface area contributed by atoms with Crippen molar-refractivity contribution in [3.63, 3.8) is 0 Å². The molecule has 9 nitrogen and oxygen atoms in total. The Balaban J connectivity index is 1.55. The standard InChI is InChI=1S/C26H31N3O6/c1-11-14-3-4-16(28-13-5-7-29(2)8-6-13)22(31)19(14)25(34)20-15(11)9-12-10-17(30)21(26(27)35)24(33)18(12)23(20)32/h3-4,11-13,15,18,28,31,33-34H,5-10H2,1-2H3,(H2,27,35)/t11-,12?,15?,18?/m0/s1. The van der Waals surface area contributed by atoms with Gasteiger partial charge in [0.2, 0.25) is 0 Å². The van der Waals surface area contributed by atoms with Gasteiger partial charge in [0, 0.05) is 18.0 Å². The molecule has 3 aliphatic carbocycles. The number of primary amides is 1. The molecule has 1 heterocycles. The summed E-state index contributed by atoms with van der Waals surface area (Å²) in [6, 6.07) is 3.87. The van der Waals surface area contributed by atoms with Gasteiger partial charge in [0.05, 0.1) is 17.2 Å². The van der Waals surface area contributed by atoms with E-state index in [2.05, 4.69) is 17.3 Å². The second-order valence-corrected chi connectivity index (χ2v) is 10.4. The predicted octanol–water partition coefficient (Wildman–Crippen LogP) is 2.38. The van der Waals surface area contributed by atoms with Gasteiger partial charge in [-0.25, -0.2) is 0 Å². The molecule has 1 saturated heterocycles. The number of aliphatic hydroxyl groups is 2. The number of hydrogen-bond acceptors (Lipinski definition) is 8. The van der Waals surface area contributed by atoms with Crippen LogP contribution < -0.4 is 11.1 Å². The van der Waals surface area contributed by atoms with Gasteiger partial charge in [0.1, 0.15) is 22.8 Å². The van der Waals surface area contributed by atoms with E-state index in [-0.39, 0.29) is 46.9 Å². The van der Waals surface area contributed by atoms with Gasteiger partial charge in [-0.1, -0.05) is 13.0 Å². The number of phenolic OH excluding ortho intramolecular Hbond substituents is 1. The van der Waals surface area contributed by atoms with Crippen LogP contribution in [0.25, 0.3) is 5.76 Å². The Kier molecular flexibility index (Phi) is 5.62. The average Bonchev–Trinajstić information content (AvgIpc) is 2.79. The zero-order chi connectivity index (χ0) is 25.2. The molecule has 1 aromatic carbocycles. The molecule has 0 spiro atoms. The van der Waals surface area contributed by atoms with Crippen LogP contribution in [0.3, 0.4) is 0 Å². The number of benzene rings is 1.